The molecule has 0 heterocycles. The van der Waals surface area contributed by atoms with Crippen LogP contribution in [0.2, 0.25) is 5.02 Å². The quantitative estimate of drug-likeness (QED) is 0.772. The van der Waals surface area contributed by atoms with Crippen molar-refractivity contribution < 1.29 is 4.79 Å². The van der Waals surface area contributed by atoms with Crippen LogP contribution in [0.3, 0.4) is 0 Å². The van der Waals surface area contributed by atoms with Crippen LogP contribution in [0.15, 0.2) is 24.3 Å². The summed E-state index contributed by atoms with van der Waals surface area (Å²) in [6.45, 7) is 12.0. The summed E-state index contributed by atoms with van der Waals surface area (Å²) in [6.07, 6.45) is 2.25. The molecule has 0 radical (unpaired) electrons. The molecule has 1 unspecified atom stereocenters. The smallest absolute Gasteiger partial charge is 0.251 e. The molecule has 3 heteroatoms. The maximum atomic E-state index is 12.2. The minimum atomic E-state index is -0.0191. The van der Waals surface area contributed by atoms with E-state index in [0.29, 0.717) is 22.4 Å². The molecule has 21 heavy (non-hydrogen) atoms. The fraction of sp³-hybridized carbons (Fsp3) is 0.611. The van der Waals surface area contributed by atoms with Crippen molar-refractivity contribution in [2.24, 2.45) is 17.3 Å². The van der Waals surface area contributed by atoms with E-state index in [0.717, 1.165) is 19.4 Å². The molecule has 1 aromatic rings. The van der Waals surface area contributed by atoms with E-state index in [1.165, 1.54) is 0 Å². The van der Waals surface area contributed by atoms with E-state index in [-0.39, 0.29) is 11.3 Å². The van der Waals surface area contributed by atoms with Crippen LogP contribution in [-0.2, 0) is 0 Å². The molecule has 0 fully saturated rings. The highest BCUT2D eigenvalue weighted by Gasteiger charge is 2.20. The van der Waals surface area contributed by atoms with Crippen molar-refractivity contribution in [3.63, 3.8) is 0 Å². The first-order chi connectivity index (χ1) is 9.67. The van der Waals surface area contributed by atoms with Gasteiger partial charge < -0.3 is 5.32 Å². The summed E-state index contributed by atoms with van der Waals surface area (Å²) in [5, 5.41) is 3.71. The molecule has 1 aromatic carbocycles. The predicted molar refractivity (Wildman–Crippen MR) is 90.8 cm³/mol. The lowest BCUT2D eigenvalue weighted by Gasteiger charge is -2.27. The molecule has 0 aromatic heterocycles. The molecule has 0 saturated heterocycles. The Balaban J connectivity index is 2.59. The molecule has 1 amide bonds. The normalized spacial score (nSPS) is 13.3. The maximum Gasteiger partial charge on any atom is 0.251 e. The van der Waals surface area contributed by atoms with Crippen molar-refractivity contribution in [2.45, 2.75) is 47.5 Å². The Morgan fingerprint density at radius 2 is 1.76 bits per heavy atom. The first kappa shape index (κ1) is 18.0. The lowest BCUT2D eigenvalue weighted by Crippen LogP contribution is -2.31. The van der Waals surface area contributed by atoms with Gasteiger partial charge in [0.1, 0.15) is 0 Å². The lowest BCUT2D eigenvalue weighted by molar-refractivity contribution is 0.0939. The lowest BCUT2D eigenvalue weighted by atomic mass is 9.81. The Kier molecular flexibility index (Phi) is 6.73. The standard InChI is InChI=1S/C18H28ClNO/c1-13(2)10-14(11-18(3,4)5)12-20-17(21)15-6-8-16(19)9-7-15/h6-9,13-14H,10-12H2,1-5H3,(H,20,21). The Morgan fingerprint density at radius 3 is 2.24 bits per heavy atom. The zero-order valence-electron chi connectivity index (χ0n) is 13.9. The fourth-order valence-electron chi connectivity index (χ4n) is 2.71. The Bertz CT molecular complexity index is 445. The molecule has 0 aliphatic rings. The monoisotopic (exact) mass is 309 g/mol. The van der Waals surface area contributed by atoms with Crippen molar-refractivity contribution in [2.75, 3.05) is 6.54 Å². The van der Waals surface area contributed by atoms with E-state index in [4.69, 9.17) is 11.6 Å². The zero-order chi connectivity index (χ0) is 16.0. The summed E-state index contributed by atoms with van der Waals surface area (Å²) in [7, 11) is 0. The average Bonchev–Trinajstić information content (AvgIpc) is 2.34. The van der Waals surface area contributed by atoms with Gasteiger partial charge in [0.25, 0.3) is 5.91 Å². The predicted octanol–water partition coefficient (Wildman–Crippen LogP) is 5.17. The number of carbonyl (C=O) groups is 1. The van der Waals surface area contributed by atoms with Gasteiger partial charge in [-0.3, -0.25) is 4.79 Å². The second kappa shape index (κ2) is 7.84. The summed E-state index contributed by atoms with van der Waals surface area (Å²) in [5.74, 6) is 1.14. The number of halogens is 1. The summed E-state index contributed by atoms with van der Waals surface area (Å²) >= 11 is 5.84. The molecule has 0 aliphatic carbocycles. The van der Waals surface area contributed by atoms with E-state index >= 15 is 0 Å². The topological polar surface area (TPSA) is 29.1 Å². The van der Waals surface area contributed by atoms with Crippen LogP contribution in [0, 0.1) is 17.3 Å². The van der Waals surface area contributed by atoms with E-state index in [1.54, 1.807) is 24.3 Å². The van der Waals surface area contributed by atoms with Gasteiger partial charge in [-0.15, -0.1) is 0 Å². The molecule has 1 rings (SSSR count). The van der Waals surface area contributed by atoms with Gasteiger partial charge in [-0.1, -0.05) is 46.2 Å². The average molecular weight is 310 g/mol. The first-order valence-electron chi connectivity index (χ1n) is 7.71. The molecular formula is C18H28ClNO. The summed E-state index contributed by atoms with van der Waals surface area (Å²) < 4.78 is 0. The van der Waals surface area contributed by atoms with Gasteiger partial charge in [0.2, 0.25) is 0 Å². The van der Waals surface area contributed by atoms with Crippen molar-refractivity contribution in [3.05, 3.63) is 34.9 Å². The number of rotatable bonds is 6. The minimum absolute atomic E-state index is 0.0191. The highest BCUT2D eigenvalue weighted by molar-refractivity contribution is 6.30. The largest absolute Gasteiger partial charge is 0.352 e. The molecule has 2 nitrogen and oxygen atoms in total. The summed E-state index contributed by atoms with van der Waals surface area (Å²) in [4.78, 5) is 12.2. The Labute approximate surface area is 134 Å². The number of hydrogen-bond donors (Lipinski definition) is 1. The molecule has 118 valence electrons. The van der Waals surface area contributed by atoms with Crippen LogP contribution in [0.1, 0.15) is 57.8 Å². The van der Waals surface area contributed by atoms with Crippen molar-refractivity contribution in [1.82, 2.24) is 5.32 Å². The van der Waals surface area contributed by atoms with E-state index in [2.05, 4.69) is 39.9 Å². The number of hydrogen-bond acceptors (Lipinski definition) is 1. The molecule has 1 N–H and O–H groups in total. The molecule has 0 aliphatic heterocycles. The number of carbonyl (C=O) groups excluding carboxylic acids is 1. The third kappa shape index (κ3) is 7.52. The highest BCUT2D eigenvalue weighted by atomic mass is 35.5. The number of amides is 1. The summed E-state index contributed by atoms with van der Waals surface area (Å²) in [5.41, 5.74) is 0.948. The van der Waals surface area contributed by atoms with Crippen molar-refractivity contribution >= 4 is 17.5 Å². The zero-order valence-corrected chi connectivity index (χ0v) is 14.6. The third-order valence-electron chi connectivity index (χ3n) is 3.36. The number of nitrogens with one attached hydrogen (secondary N) is 1. The van der Waals surface area contributed by atoms with Crippen molar-refractivity contribution in [1.29, 1.82) is 0 Å². The van der Waals surface area contributed by atoms with Gasteiger partial charge in [-0.05, 0) is 54.4 Å². The van der Waals surface area contributed by atoms with Gasteiger partial charge in [0.15, 0.2) is 0 Å². The third-order valence-corrected chi connectivity index (χ3v) is 3.62. The SMILES string of the molecule is CC(C)CC(CNC(=O)c1ccc(Cl)cc1)CC(C)(C)C. The molecule has 1 atom stereocenters. The van der Waals surface area contributed by atoms with Crippen LogP contribution in [0.25, 0.3) is 0 Å². The van der Waals surface area contributed by atoms with Crippen LogP contribution in [0.5, 0.6) is 0 Å². The maximum absolute atomic E-state index is 12.2. The minimum Gasteiger partial charge on any atom is -0.352 e. The van der Waals surface area contributed by atoms with Crippen LogP contribution < -0.4 is 5.32 Å². The van der Waals surface area contributed by atoms with E-state index < -0.39 is 0 Å². The van der Waals surface area contributed by atoms with Gasteiger partial charge in [-0.2, -0.15) is 0 Å². The first-order valence-corrected chi connectivity index (χ1v) is 8.09. The number of benzene rings is 1. The Hall–Kier alpha value is -1.02. The van der Waals surface area contributed by atoms with Gasteiger partial charge in [0.05, 0.1) is 0 Å². The van der Waals surface area contributed by atoms with Gasteiger partial charge in [0, 0.05) is 17.1 Å². The molecular weight excluding hydrogens is 282 g/mol. The fourth-order valence-corrected chi connectivity index (χ4v) is 2.84. The van der Waals surface area contributed by atoms with E-state index in [9.17, 15) is 4.79 Å². The molecule has 0 saturated carbocycles. The van der Waals surface area contributed by atoms with E-state index in [1.807, 2.05) is 0 Å². The second-order valence-electron chi connectivity index (χ2n) is 7.48. The van der Waals surface area contributed by atoms with Crippen LogP contribution >= 0.6 is 11.6 Å². The van der Waals surface area contributed by atoms with Gasteiger partial charge >= 0.3 is 0 Å². The molecule has 0 bridgehead atoms. The highest BCUT2D eigenvalue weighted by Crippen LogP contribution is 2.28. The summed E-state index contributed by atoms with van der Waals surface area (Å²) in [6, 6.07) is 7.02. The Morgan fingerprint density at radius 1 is 1.19 bits per heavy atom. The van der Waals surface area contributed by atoms with Crippen molar-refractivity contribution in [3.8, 4) is 0 Å². The van der Waals surface area contributed by atoms with Gasteiger partial charge in [-0.25, -0.2) is 0 Å². The second-order valence-corrected chi connectivity index (χ2v) is 7.91. The van der Waals surface area contributed by atoms with Crippen LogP contribution in [0.4, 0.5) is 0 Å². The van der Waals surface area contributed by atoms with Crippen LogP contribution in [-0.4, -0.2) is 12.5 Å². The molecule has 0 spiro atoms.